The molecule has 0 aromatic carbocycles. The normalized spacial score (nSPS) is 13.7. The van der Waals surface area contributed by atoms with Crippen LogP contribution in [0, 0.1) is 10.5 Å². The Labute approximate surface area is 121 Å². The first kappa shape index (κ1) is 15.6. The van der Waals surface area contributed by atoms with Crippen LogP contribution in [0.4, 0.5) is 0 Å². The first-order valence-corrected chi connectivity index (χ1v) is 6.93. The highest BCUT2D eigenvalue weighted by molar-refractivity contribution is 14.1. The van der Waals surface area contributed by atoms with Gasteiger partial charge in [-0.15, -0.1) is 0 Å². The van der Waals surface area contributed by atoms with Crippen LogP contribution in [0.2, 0.25) is 0 Å². The summed E-state index contributed by atoms with van der Waals surface area (Å²) < 4.78 is 2.05. The summed E-state index contributed by atoms with van der Waals surface area (Å²) in [5, 5.41) is 13.1. The van der Waals surface area contributed by atoms with Crippen LogP contribution in [0.15, 0.2) is 11.1 Å². The second-order valence-corrected chi connectivity index (χ2v) is 6.46. The quantitative estimate of drug-likeness (QED) is 0.779. The fraction of sp³-hybridized carbons (Fsp3) is 0.667. The lowest BCUT2D eigenvalue weighted by atomic mass is 10.1. The second-order valence-electron chi connectivity index (χ2n) is 5.39. The van der Waals surface area contributed by atoms with E-state index in [9.17, 15) is 9.90 Å². The van der Waals surface area contributed by atoms with Gasteiger partial charge in [-0.2, -0.15) is 0 Å². The maximum atomic E-state index is 11.9. The maximum Gasteiger partial charge on any atom is 0.267 e. The van der Waals surface area contributed by atoms with E-state index in [1.54, 1.807) is 6.92 Å². The predicted molar refractivity (Wildman–Crippen MR) is 79.7 cm³/mol. The summed E-state index contributed by atoms with van der Waals surface area (Å²) in [5.74, 6) is 0. The van der Waals surface area contributed by atoms with Crippen LogP contribution in [0.3, 0.4) is 0 Å². The molecule has 0 fully saturated rings. The fourth-order valence-electron chi connectivity index (χ4n) is 1.39. The average Bonchev–Trinajstić information content (AvgIpc) is 2.26. The van der Waals surface area contributed by atoms with Crippen LogP contribution in [-0.2, 0) is 6.54 Å². The Morgan fingerprint density at radius 2 is 2.17 bits per heavy atom. The van der Waals surface area contributed by atoms with E-state index >= 15 is 0 Å². The van der Waals surface area contributed by atoms with Gasteiger partial charge in [-0.05, 0) is 50.3 Å². The van der Waals surface area contributed by atoms with Gasteiger partial charge >= 0.3 is 0 Å². The van der Waals surface area contributed by atoms with E-state index in [4.69, 9.17) is 0 Å². The van der Waals surface area contributed by atoms with E-state index in [2.05, 4.69) is 10.3 Å². The number of hydrogen-bond donors (Lipinski definition) is 2. The summed E-state index contributed by atoms with van der Waals surface area (Å²) in [4.78, 5) is 16.0. The zero-order chi connectivity index (χ0) is 13.9. The predicted octanol–water partition coefficient (Wildman–Crippen LogP) is 0.905. The van der Waals surface area contributed by atoms with Crippen molar-refractivity contribution in [3.63, 3.8) is 0 Å². The molecule has 0 aliphatic carbocycles. The third-order valence-electron chi connectivity index (χ3n) is 2.43. The minimum absolute atomic E-state index is 0.0497. The van der Waals surface area contributed by atoms with E-state index < -0.39 is 6.10 Å². The molecule has 0 radical (unpaired) electrons. The van der Waals surface area contributed by atoms with Gasteiger partial charge in [0.15, 0.2) is 0 Å². The third-order valence-corrected chi connectivity index (χ3v) is 3.67. The standard InChI is InChI=1S/C12H20IN3O2/c1-8-10(13)11(18)16(7-14-8)6-9(17)5-15-12(2,3)4/h7,9,15,17H,5-6H2,1-4H3. The number of nitrogens with zero attached hydrogens (tertiary/aromatic N) is 2. The topological polar surface area (TPSA) is 67.2 Å². The van der Waals surface area contributed by atoms with Gasteiger partial charge in [0.1, 0.15) is 0 Å². The molecule has 0 saturated carbocycles. The minimum atomic E-state index is -0.609. The van der Waals surface area contributed by atoms with Gasteiger partial charge < -0.3 is 10.4 Å². The van der Waals surface area contributed by atoms with Gasteiger partial charge in [0.05, 0.1) is 28.2 Å². The maximum absolute atomic E-state index is 11.9. The number of aliphatic hydroxyl groups excluding tert-OH is 1. The van der Waals surface area contributed by atoms with Crippen LogP contribution >= 0.6 is 22.6 Å². The highest BCUT2D eigenvalue weighted by Crippen LogP contribution is 2.02. The Morgan fingerprint density at radius 1 is 1.56 bits per heavy atom. The largest absolute Gasteiger partial charge is 0.390 e. The van der Waals surface area contributed by atoms with Gasteiger partial charge in [-0.25, -0.2) is 4.98 Å². The van der Waals surface area contributed by atoms with E-state index in [-0.39, 0.29) is 17.6 Å². The minimum Gasteiger partial charge on any atom is -0.390 e. The Balaban J connectivity index is 2.68. The van der Waals surface area contributed by atoms with Crippen molar-refractivity contribution in [2.75, 3.05) is 6.54 Å². The highest BCUT2D eigenvalue weighted by atomic mass is 127. The van der Waals surface area contributed by atoms with Crippen molar-refractivity contribution in [1.29, 1.82) is 0 Å². The molecule has 6 heteroatoms. The monoisotopic (exact) mass is 365 g/mol. The molecule has 1 aromatic heterocycles. The van der Waals surface area contributed by atoms with Crippen molar-refractivity contribution in [2.45, 2.75) is 45.9 Å². The Morgan fingerprint density at radius 3 is 2.72 bits per heavy atom. The van der Waals surface area contributed by atoms with Crippen molar-refractivity contribution in [3.8, 4) is 0 Å². The molecule has 0 saturated heterocycles. The highest BCUT2D eigenvalue weighted by Gasteiger charge is 2.14. The van der Waals surface area contributed by atoms with Crippen LogP contribution in [0.25, 0.3) is 0 Å². The number of rotatable bonds is 4. The summed E-state index contributed by atoms with van der Waals surface area (Å²) in [6, 6.07) is 0. The van der Waals surface area contributed by atoms with Gasteiger partial charge in [0.2, 0.25) is 0 Å². The van der Waals surface area contributed by atoms with E-state index in [0.29, 0.717) is 10.1 Å². The van der Waals surface area contributed by atoms with Crippen molar-refractivity contribution in [2.24, 2.45) is 0 Å². The lowest BCUT2D eigenvalue weighted by molar-refractivity contribution is 0.140. The summed E-state index contributed by atoms with van der Waals surface area (Å²) in [5.41, 5.74) is 0.573. The number of β-amino-alcohol motifs (C(OH)–C–C–N with tert-alkyl or cyclic N) is 1. The number of hydrogen-bond acceptors (Lipinski definition) is 4. The zero-order valence-electron chi connectivity index (χ0n) is 11.2. The lowest BCUT2D eigenvalue weighted by Crippen LogP contribution is -2.43. The molecule has 1 unspecified atom stereocenters. The molecule has 0 aliphatic heterocycles. The van der Waals surface area contributed by atoms with Crippen molar-refractivity contribution >= 4 is 22.6 Å². The molecule has 1 atom stereocenters. The van der Waals surface area contributed by atoms with E-state index in [1.165, 1.54) is 10.9 Å². The molecular formula is C12H20IN3O2. The smallest absolute Gasteiger partial charge is 0.267 e. The Kier molecular flexibility index (Phi) is 5.30. The Hall–Kier alpha value is -0.470. The molecule has 0 spiro atoms. The number of nitrogens with one attached hydrogen (secondary N) is 1. The van der Waals surface area contributed by atoms with Gasteiger partial charge in [-0.1, -0.05) is 0 Å². The molecule has 5 nitrogen and oxygen atoms in total. The summed E-state index contributed by atoms with van der Waals surface area (Å²) in [6.07, 6.45) is 0.877. The van der Waals surface area contributed by atoms with Crippen molar-refractivity contribution < 1.29 is 5.11 Å². The zero-order valence-corrected chi connectivity index (χ0v) is 13.4. The SMILES string of the molecule is Cc1ncn(CC(O)CNC(C)(C)C)c(=O)c1I. The molecule has 102 valence electrons. The molecule has 0 amide bonds. The van der Waals surface area contributed by atoms with Crippen LogP contribution in [-0.4, -0.2) is 32.8 Å². The molecule has 1 heterocycles. The summed E-state index contributed by atoms with van der Waals surface area (Å²) in [7, 11) is 0. The van der Waals surface area contributed by atoms with Gasteiger partial charge in [0, 0.05) is 12.1 Å². The number of aliphatic hydroxyl groups is 1. The molecule has 18 heavy (non-hydrogen) atoms. The number of halogens is 1. The lowest BCUT2D eigenvalue weighted by Gasteiger charge is -2.23. The van der Waals surface area contributed by atoms with Crippen molar-refractivity contribution in [3.05, 3.63) is 25.9 Å². The molecule has 2 N–H and O–H groups in total. The fourth-order valence-corrected chi connectivity index (χ4v) is 1.84. The van der Waals surface area contributed by atoms with Crippen LogP contribution in [0.5, 0.6) is 0 Å². The first-order valence-electron chi connectivity index (χ1n) is 5.85. The van der Waals surface area contributed by atoms with Crippen molar-refractivity contribution in [1.82, 2.24) is 14.9 Å². The average molecular weight is 365 g/mol. The Bertz CT molecular complexity index is 465. The summed E-state index contributed by atoms with van der Waals surface area (Å²) >= 11 is 1.98. The number of aromatic nitrogens is 2. The molecule has 0 aliphatic rings. The third kappa shape index (κ3) is 4.66. The van der Waals surface area contributed by atoms with Crippen LogP contribution in [0.1, 0.15) is 26.5 Å². The molecule has 1 rings (SSSR count). The second kappa shape index (κ2) is 6.12. The molecule has 1 aromatic rings. The number of aryl methyl sites for hydroxylation is 1. The first-order chi connectivity index (χ1) is 8.20. The summed E-state index contributed by atoms with van der Waals surface area (Å²) in [6.45, 7) is 8.59. The molecular weight excluding hydrogens is 345 g/mol. The van der Waals surface area contributed by atoms with E-state index in [0.717, 1.165) is 5.69 Å². The molecule has 0 bridgehead atoms. The van der Waals surface area contributed by atoms with E-state index in [1.807, 2.05) is 43.4 Å². The van der Waals surface area contributed by atoms with Gasteiger partial charge in [0.25, 0.3) is 5.56 Å². The van der Waals surface area contributed by atoms with Crippen LogP contribution < -0.4 is 10.9 Å². The van der Waals surface area contributed by atoms with Gasteiger partial charge in [-0.3, -0.25) is 9.36 Å².